The van der Waals surface area contributed by atoms with E-state index in [-0.39, 0.29) is 49.0 Å². The number of rotatable bonds is 10. The summed E-state index contributed by atoms with van der Waals surface area (Å²) >= 11 is 0. The molecule has 0 radical (unpaired) electrons. The van der Waals surface area contributed by atoms with E-state index in [1.807, 2.05) is 6.07 Å². The highest BCUT2D eigenvalue weighted by molar-refractivity contribution is 6.47. The first kappa shape index (κ1) is 26.5. The first-order valence-electron chi connectivity index (χ1n) is 12.4. The lowest BCUT2D eigenvalue weighted by atomic mass is 9.43. The smallest absolute Gasteiger partial charge is 0.463 e. The standard InChI is InChI=1S/C25H40BN3O3.ClH/c1-24(2)18-14-21(24)25(3)22(15-18)31-26(32-25)19(13-17-9-5-4-6-10-17)16-29-23(30)20(28)11-7-8-12-27;/h4-6,9-10,18-22H,7-8,11-16,27-28H2,1-3H3,(H,29,30);1H/t18-,19?,20-,21-,22+,25-;/m1./s1. The Morgan fingerprint density at radius 3 is 2.64 bits per heavy atom. The van der Waals surface area contributed by atoms with Gasteiger partial charge in [-0.2, -0.15) is 0 Å². The number of hydrogen-bond donors (Lipinski definition) is 3. The molecule has 2 bridgehead atoms. The molecule has 1 aliphatic heterocycles. The molecule has 0 spiro atoms. The maximum absolute atomic E-state index is 12.7. The van der Waals surface area contributed by atoms with Crippen molar-refractivity contribution < 1.29 is 32.2 Å². The zero-order valence-electron chi connectivity index (χ0n) is 20.4. The van der Waals surface area contributed by atoms with Crippen molar-refractivity contribution in [2.24, 2.45) is 23.0 Å². The molecule has 1 saturated heterocycles. The molecule has 4 fully saturated rings. The summed E-state index contributed by atoms with van der Waals surface area (Å²) in [6, 6.07) is 10.2. The van der Waals surface area contributed by atoms with Crippen LogP contribution in [0.4, 0.5) is 0 Å². The van der Waals surface area contributed by atoms with E-state index in [1.54, 1.807) is 0 Å². The van der Waals surface area contributed by atoms with Gasteiger partial charge in [-0.3, -0.25) is 4.79 Å². The molecule has 8 heteroatoms. The van der Waals surface area contributed by atoms with Crippen molar-refractivity contribution in [1.82, 2.24) is 5.32 Å². The summed E-state index contributed by atoms with van der Waals surface area (Å²) in [5.74, 6) is 1.31. The second-order valence-corrected chi connectivity index (χ2v) is 11.0. The minimum absolute atomic E-state index is 0. The number of carbonyl (C=O) groups excluding carboxylic acids is 1. The fraction of sp³-hybridized carbons (Fsp3) is 0.720. The van der Waals surface area contributed by atoms with Crippen LogP contribution in [0.2, 0.25) is 5.82 Å². The van der Waals surface area contributed by atoms with Gasteiger partial charge in [0.2, 0.25) is 0 Å². The molecule has 184 valence electrons. The molecule has 5 rings (SSSR count). The Kier molecular flexibility index (Phi) is 8.55. The van der Waals surface area contributed by atoms with Gasteiger partial charge < -0.3 is 38.5 Å². The van der Waals surface area contributed by atoms with Crippen LogP contribution in [0.25, 0.3) is 0 Å². The molecule has 4 aliphatic rings. The normalized spacial score (nSPS) is 31.1. The van der Waals surface area contributed by atoms with Crippen molar-refractivity contribution in [1.29, 1.82) is 0 Å². The molecule has 0 aromatic heterocycles. The molecule has 1 unspecified atom stereocenters. The predicted octanol–water partition coefficient (Wildman–Crippen LogP) is -0.813. The van der Waals surface area contributed by atoms with Crippen LogP contribution in [-0.4, -0.2) is 43.9 Å². The van der Waals surface area contributed by atoms with Gasteiger partial charge >= 0.3 is 7.12 Å². The van der Waals surface area contributed by atoms with E-state index < -0.39 is 0 Å². The van der Waals surface area contributed by atoms with Gasteiger partial charge in [-0.15, -0.1) is 0 Å². The zero-order chi connectivity index (χ0) is 22.9. The van der Waals surface area contributed by atoms with E-state index in [9.17, 15) is 4.79 Å². The number of nitrogens with two attached hydrogens (primary N) is 1. The Hall–Kier alpha value is -1.12. The van der Waals surface area contributed by atoms with Crippen LogP contribution in [-0.2, 0) is 20.5 Å². The van der Waals surface area contributed by atoms with Gasteiger partial charge in [-0.25, -0.2) is 0 Å². The second-order valence-electron chi connectivity index (χ2n) is 11.0. The average molecular weight is 478 g/mol. The molecule has 6 nitrogen and oxygen atoms in total. The minimum Gasteiger partial charge on any atom is -1.00 e. The number of unbranched alkanes of at least 4 members (excludes halogenated alkanes) is 1. The van der Waals surface area contributed by atoms with Crippen LogP contribution >= 0.6 is 0 Å². The molecule has 1 heterocycles. The third-order valence-corrected chi connectivity index (χ3v) is 8.61. The summed E-state index contributed by atoms with van der Waals surface area (Å²) in [5, 5.41) is 3.15. The predicted molar refractivity (Wildman–Crippen MR) is 127 cm³/mol. The van der Waals surface area contributed by atoms with Crippen molar-refractivity contribution in [3.63, 3.8) is 0 Å². The zero-order valence-corrected chi connectivity index (χ0v) is 21.2. The van der Waals surface area contributed by atoms with E-state index >= 15 is 0 Å². The van der Waals surface area contributed by atoms with Crippen LogP contribution in [0.5, 0.6) is 0 Å². The minimum atomic E-state index is -0.304. The van der Waals surface area contributed by atoms with E-state index in [0.717, 1.165) is 38.0 Å². The van der Waals surface area contributed by atoms with Crippen LogP contribution in [0, 0.1) is 17.3 Å². The first-order valence-corrected chi connectivity index (χ1v) is 12.4. The van der Waals surface area contributed by atoms with E-state index in [4.69, 9.17) is 15.0 Å². The third kappa shape index (κ3) is 5.28. The Morgan fingerprint density at radius 1 is 1.24 bits per heavy atom. The van der Waals surface area contributed by atoms with Crippen molar-refractivity contribution in [2.45, 2.75) is 82.9 Å². The van der Waals surface area contributed by atoms with Gasteiger partial charge in [-0.1, -0.05) is 44.2 Å². The third-order valence-electron chi connectivity index (χ3n) is 8.61. The lowest BCUT2D eigenvalue weighted by molar-refractivity contribution is -0.405. The number of benzene rings is 1. The molecule has 33 heavy (non-hydrogen) atoms. The van der Waals surface area contributed by atoms with E-state index in [0.29, 0.717) is 24.4 Å². The van der Waals surface area contributed by atoms with E-state index in [2.05, 4.69) is 56.1 Å². The van der Waals surface area contributed by atoms with Crippen molar-refractivity contribution in [2.75, 3.05) is 13.1 Å². The van der Waals surface area contributed by atoms with Crippen molar-refractivity contribution in [3.8, 4) is 0 Å². The summed E-state index contributed by atoms with van der Waals surface area (Å²) in [5.41, 5.74) is 10.9. The number of halogens is 1. The van der Waals surface area contributed by atoms with Crippen molar-refractivity contribution in [3.05, 3.63) is 35.9 Å². The number of carbonyl (C=O) groups is 1. The van der Waals surface area contributed by atoms with Crippen LogP contribution < -0.4 is 29.2 Å². The summed E-state index contributed by atoms with van der Waals surface area (Å²) in [6.45, 7) is 8.19. The fourth-order valence-corrected chi connectivity index (χ4v) is 6.33. The fourth-order valence-electron chi connectivity index (χ4n) is 6.33. The largest absolute Gasteiger partial charge is 1.00 e. The lowest BCUT2D eigenvalue weighted by Crippen LogP contribution is -3.00. The Labute approximate surface area is 205 Å². The van der Waals surface area contributed by atoms with Crippen LogP contribution in [0.3, 0.4) is 0 Å². The maximum atomic E-state index is 12.7. The number of quaternary nitrogens is 1. The molecule has 6 atom stereocenters. The molecule has 1 amide bonds. The molecule has 1 aromatic carbocycles. The number of hydrogen-bond acceptors (Lipinski definition) is 4. The molecular formula is C25H41BClN3O3. The summed E-state index contributed by atoms with van der Waals surface area (Å²) in [7, 11) is -0.304. The molecular weight excluding hydrogens is 437 g/mol. The topological polar surface area (TPSA) is 101 Å². The Bertz CT molecular complexity index is 798. The quantitative estimate of drug-likeness (QED) is 0.303. The first-order chi connectivity index (χ1) is 15.3. The highest BCUT2D eigenvalue weighted by Crippen LogP contribution is 2.66. The summed E-state index contributed by atoms with van der Waals surface area (Å²) < 4.78 is 13.3. The van der Waals surface area contributed by atoms with E-state index in [1.165, 1.54) is 12.0 Å². The molecule has 3 saturated carbocycles. The molecule has 1 aromatic rings. The van der Waals surface area contributed by atoms with Gasteiger partial charge in [0.1, 0.15) is 0 Å². The van der Waals surface area contributed by atoms with Crippen molar-refractivity contribution >= 4 is 13.0 Å². The van der Waals surface area contributed by atoms with Gasteiger partial charge in [0, 0.05) is 18.8 Å². The SMILES string of the molecule is CC1(C)[C@H]2C[C@@H]3OB(C(CNC(=O)[C@H]([NH3+])CCCCN)Cc4ccccc4)O[C@]3(C)[C@@H]1C2.[Cl-]. The Morgan fingerprint density at radius 2 is 1.97 bits per heavy atom. The number of nitrogens with one attached hydrogen (secondary N) is 1. The Balaban J connectivity index is 0.00000306. The van der Waals surface area contributed by atoms with Crippen LogP contribution in [0.1, 0.15) is 58.4 Å². The van der Waals surface area contributed by atoms with Gasteiger partial charge in [0.15, 0.2) is 6.04 Å². The second kappa shape index (κ2) is 10.7. The number of amides is 1. The lowest BCUT2D eigenvalue weighted by Gasteiger charge is -2.64. The summed E-state index contributed by atoms with van der Waals surface area (Å²) in [6.07, 6.45) is 5.89. The van der Waals surface area contributed by atoms with Gasteiger partial charge in [0.25, 0.3) is 5.91 Å². The highest BCUT2D eigenvalue weighted by Gasteiger charge is 2.68. The van der Waals surface area contributed by atoms with Gasteiger partial charge in [-0.05, 0) is 68.4 Å². The summed E-state index contributed by atoms with van der Waals surface area (Å²) in [4.78, 5) is 12.7. The monoisotopic (exact) mass is 477 g/mol. The average Bonchev–Trinajstić information content (AvgIpc) is 3.14. The van der Waals surface area contributed by atoms with Gasteiger partial charge in [0.05, 0.1) is 11.7 Å². The highest BCUT2D eigenvalue weighted by atomic mass is 35.5. The van der Waals surface area contributed by atoms with Crippen LogP contribution in [0.15, 0.2) is 30.3 Å². The molecule has 6 N–H and O–H groups in total. The maximum Gasteiger partial charge on any atom is 0.463 e. The molecule has 3 aliphatic carbocycles.